The van der Waals surface area contributed by atoms with Gasteiger partial charge in [-0.2, -0.15) is 0 Å². The molecule has 23 heavy (non-hydrogen) atoms. The molecule has 1 aliphatic heterocycles. The fourth-order valence-corrected chi connectivity index (χ4v) is 3.77. The van der Waals surface area contributed by atoms with Gasteiger partial charge in [-0.05, 0) is 64.7 Å². The van der Waals surface area contributed by atoms with Crippen molar-refractivity contribution in [3.05, 3.63) is 0 Å². The highest BCUT2D eigenvalue weighted by Gasteiger charge is 2.30. The van der Waals surface area contributed by atoms with Crippen LogP contribution in [-0.4, -0.2) is 41.8 Å². The van der Waals surface area contributed by atoms with Gasteiger partial charge in [-0.3, -0.25) is 0 Å². The molecule has 134 valence electrons. The van der Waals surface area contributed by atoms with Gasteiger partial charge in [-0.15, -0.1) is 0 Å². The molecule has 1 saturated heterocycles. The fraction of sp³-hybridized carbons (Fsp3) is 0.947. The third-order valence-corrected chi connectivity index (χ3v) is 5.12. The summed E-state index contributed by atoms with van der Waals surface area (Å²) in [6.45, 7) is 12.2. The van der Waals surface area contributed by atoms with Crippen LogP contribution in [0.2, 0.25) is 0 Å². The van der Waals surface area contributed by atoms with Crippen molar-refractivity contribution >= 4 is 6.09 Å². The number of nitrogens with zero attached hydrogens (tertiary/aromatic N) is 1. The minimum absolute atomic E-state index is 0.161. The van der Waals surface area contributed by atoms with Gasteiger partial charge in [-0.1, -0.05) is 20.3 Å². The highest BCUT2D eigenvalue weighted by atomic mass is 16.6. The number of likely N-dealkylation sites (tertiary alicyclic amines) is 1. The minimum Gasteiger partial charge on any atom is -0.444 e. The molecular weight excluding hydrogens is 288 g/mol. The van der Waals surface area contributed by atoms with Crippen molar-refractivity contribution in [2.75, 3.05) is 13.1 Å². The normalized spacial score (nSPS) is 29.0. The number of piperidine rings is 1. The van der Waals surface area contributed by atoms with Crippen molar-refractivity contribution in [3.63, 3.8) is 0 Å². The molecule has 1 amide bonds. The second-order valence-corrected chi connectivity index (χ2v) is 9.22. The smallest absolute Gasteiger partial charge is 0.410 e. The first kappa shape index (κ1) is 18.6. The Hall–Kier alpha value is -0.770. The third kappa shape index (κ3) is 6.33. The van der Waals surface area contributed by atoms with Crippen LogP contribution in [0.4, 0.5) is 4.79 Å². The van der Waals surface area contributed by atoms with Crippen LogP contribution in [0.5, 0.6) is 0 Å². The molecular formula is C19H36N2O2. The van der Waals surface area contributed by atoms with E-state index < -0.39 is 5.60 Å². The maximum absolute atomic E-state index is 12.3. The van der Waals surface area contributed by atoms with E-state index in [0.29, 0.717) is 17.5 Å². The summed E-state index contributed by atoms with van der Waals surface area (Å²) in [4.78, 5) is 14.1. The number of carbonyl (C=O) groups excluding carboxylic acids is 1. The van der Waals surface area contributed by atoms with E-state index in [2.05, 4.69) is 19.2 Å². The number of hydrogen-bond acceptors (Lipinski definition) is 3. The van der Waals surface area contributed by atoms with Crippen molar-refractivity contribution in [2.45, 2.75) is 97.2 Å². The zero-order valence-electron chi connectivity index (χ0n) is 15.8. The predicted molar refractivity (Wildman–Crippen MR) is 94.6 cm³/mol. The van der Waals surface area contributed by atoms with E-state index in [1.54, 1.807) is 0 Å². The average molecular weight is 325 g/mol. The largest absolute Gasteiger partial charge is 0.444 e. The summed E-state index contributed by atoms with van der Waals surface area (Å²) < 4.78 is 5.52. The average Bonchev–Trinajstić information content (AvgIpc) is 2.59. The SMILES string of the molecule is CC1(C)CCCC(NC2CCCN(C(=O)OC(C)(C)C)C2)CC1. The third-order valence-electron chi connectivity index (χ3n) is 5.12. The van der Waals surface area contributed by atoms with Crippen LogP contribution in [0.3, 0.4) is 0 Å². The summed E-state index contributed by atoms with van der Waals surface area (Å²) >= 11 is 0. The lowest BCUT2D eigenvalue weighted by Crippen LogP contribution is -2.51. The summed E-state index contributed by atoms with van der Waals surface area (Å²) in [5.74, 6) is 0. The van der Waals surface area contributed by atoms with Crippen molar-refractivity contribution in [3.8, 4) is 0 Å². The monoisotopic (exact) mass is 324 g/mol. The van der Waals surface area contributed by atoms with Crippen LogP contribution in [0, 0.1) is 5.41 Å². The van der Waals surface area contributed by atoms with Crippen molar-refractivity contribution in [2.24, 2.45) is 5.41 Å². The minimum atomic E-state index is -0.412. The number of nitrogens with one attached hydrogen (secondary N) is 1. The molecule has 0 bridgehead atoms. The quantitative estimate of drug-likeness (QED) is 0.769. The van der Waals surface area contributed by atoms with E-state index in [1.165, 1.54) is 38.5 Å². The van der Waals surface area contributed by atoms with Crippen molar-refractivity contribution < 1.29 is 9.53 Å². The van der Waals surface area contributed by atoms with E-state index in [1.807, 2.05) is 25.7 Å². The molecule has 0 spiro atoms. The Labute approximate surface area is 142 Å². The summed E-state index contributed by atoms with van der Waals surface area (Å²) in [6.07, 6.45) is 8.54. The summed E-state index contributed by atoms with van der Waals surface area (Å²) in [5.41, 5.74) is 0.0792. The summed E-state index contributed by atoms with van der Waals surface area (Å²) in [7, 11) is 0. The molecule has 0 aromatic heterocycles. The molecule has 2 fully saturated rings. The lowest BCUT2D eigenvalue weighted by Gasteiger charge is -2.36. The first-order valence-electron chi connectivity index (χ1n) is 9.39. The van der Waals surface area contributed by atoms with Gasteiger partial charge in [0.2, 0.25) is 0 Å². The van der Waals surface area contributed by atoms with Crippen molar-refractivity contribution in [1.29, 1.82) is 0 Å². The molecule has 1 aliphatic carbocycles. The molecule has 4 nitrogen and oxygen atoms in total. The molecule has 0 radical (unpaired) electrons. The molecule has 2 atom stereocenters. The highest BCUT2D eigenvalue weighted by Crippen LogP contribution is 2.34. The fourth-order valence-electron chi connectivity index (χ4n) is 3.77. The Morgan fingerprint density at radius 2 is 1.78 bits per heavy atom. The molecule has 2 aliphatic rings. The zero-order valence-corrected chi connectivity index (χ0v) is 15.8. The predicted octanol–water partition coefficient (Wildman–Crippen LogP) is 4.33. The second-order valence-electron chi connectivity index (χ2n) is 9.22. The molecule has 2 unspecified atom stereocenters. The first-order valence-corrected chi connectivity index (χ1v) is 9.39. The molecule has 1 saturated carbocycles. The molecule has 4 heteroatoms. The Kier molecular flexibility index (Phi) is 5.99. The Morgan fingerprint density at radius 1 is 1.09 bits per heavy atom. The number of rotatable bonds is 2. The molecule has 1 heterocycles. The van der Waals surface area contributed by atoms with E-state index in [9.17, 15) is 4.79 Å². The number of amides is 1. The zero-order chi connectivity index (χ0) is 17.1. The van der Waals surface area contributed by atoms with Gasteiger partial charge in [0.05, 0.1) is 0 Å². The van der Waals surface area contributed by atoms with Crippen LogP contribution in [0.15, 0.2) is 0 Å². The maximum Gasteiger partial charge on any atom is 0.410 e. The van der Waals surface area contributed by atoms with Crippen LogP contribution >= 0.6 is 0 Å². The van der Waals surface area contributed by atoms with Gasteiger partial charge in [0, 0.05) is 25.2 Å². The van der Waals surface area contributed by atoms with Gasteiger partial charge >= 0.3 is 6.09 Å². The van der Waals surface area contributed by atoms with Gasteiger partial charge < -0.3 is 15.0 Å². The van der Waals surface area contributed by atoms with Crippen LogP contribution in [0.25, 0.3) is 0 Å². The Bertz CT molecular complexity index is 401. The van der Waals surface area contributed by atoms with Crippen LogP contribution < -0.4 is 5.32 Å². The van der Waals surface area contributed by atoms with E-state index >= 15 is 0 Å². The number of carbonyl (C=O) groups is 1. The van der Waals surface area contributed by atoms with Crippen LogP contribution in [0.1, 0.15) is 79.6 Å². The van der Waals surface area contributed by atoms with E-state index in [-0.39, 0.29) is 6.09 Å². The standard InChI is InChI=1S/C19H36N2O2/c1-18(2,3)23-17(22)21-13-7-9-16(14-21)20-15-8-6-11-19(4,5)12-10-15/h15-16,20H,6-14H2,1-5H3. The second kappa shape index (κ2) is 7.42. The molecule has 0 aromatic rings. The van der Waals surface area contributed by atoms with E-state index in [0.717, 1.165) is 19.5 Å². The van der Waals surface area contributed by atoms with Gasteiger partial charge in [0.15, 0.2) is 0 Å². The maximum atomic E-state index is 12.3. The van der Waals surface area contributed by atoms with E-state index in [4.69, 9.17) is 4.74 Å². The topological polar surface area (TPSA) is 41.6 Å². The highest BCUT2D eigenvalue weighted by molar-refractivity contribution is 5.68. The number of hydrogen-bond donors (Lipinski definition) is 1. The number of ether oxygens (including phenoxy) is 1. The van der Waals surface area contributed by atoms with Gasteiger partial charge in [0.1, 0.15) is 5.60 Å². The molecule has 1 N–H and O–H groups in total. The molecule has 2 rings (SSSR count). The Balaban J connectivity index is 1.83. The summed E-state index contributed by atoms with van der Waals surface area (Å²) in [6, 6.07) is 1.03. The van der Waals surface area contributed by atoms with Crippen molar-refractivity contribution in [1.82, 2.24) is 10.2 Å². The lowest BCUT2D eigenvalue weighted by molar-refractivity contribution is 0.0182. The Morgan fingerprint density at radius 3 is 2.48 bits per heavy atom. The van der Waals surface area contributed by atoms with Gasteiger partial charge in [-0.25, -0.2) is 4.79 Å². The lowest BCUT2D eigenvalue weighted by atomic mass is 9.85. The van der Waals surface area contributed by atoms with Crippen LogP contribution in [-0.2, 0) is 4.74 Å². The van der Waals surface area contributed by atoms with Gasteiger partial charge in [0.25, 0.3) is 0 Å². The first-order chi connectivity index (χ1) is 10.6. The summed E-state index contributed by atoms with van der Waals surface area (Å²) in [5, 5.41) is 3.83. The molecule has 0 aromatic carbocycles.